The molecule has 0 radical (unpaired) electrons. The van der Waals surface area contributed by atoms with Crippen LogP contribution < -0.4 is 10.2 Å². The van der Waals surface area contributed by atoms with Crippen molar-refractivity contribution in [3.8, 4) is 5.75 Å². The zero-order valence-corrected chi connectivity index (χ0v) is 7.62. The fourth-order valence-corrected chi connectivity index (χ4v) is 1.05. The molecule has 0 saturated carbocycles. The molecule has 0 unspecified atom stereocenters. The Morgan fingerprint density at radius 1 is 1.40 bits per heavy atom. The van der Waals surface area contributed by atoms with Gasteiger partial charge in [-0.05, 0) is 12.1 Å². The molecule has 0 heterocycles. The van der Waals surface area contributed by atoms with Crippen LogP contribution in [0, 0.1) is 10.1 Å². The molecule has 0 N–H and O–H groups in total. The molecule has 0 atom stereocenters. The largest absolute Gasteiger partial charge is 0.509 e. The van der Waals surface area contributed by atoms with E-state index >= 15 is 0 Å². The third-order valence-corrected chi connectivity index (χ3v) is 1.78. The first-order valence-corrected chi connectivity index (χ1v) is 3.88. The number of rotatable bonds is 3. The smallest absolute Gasteiger partial charge is 0.490 e. The summed E-state index contributed by atoms with van der Waals surface area (Å²) in [7, 11) is 1.15. The lowest BCUT2D eigenvalue weighted by Crippen LogP contribution is -2.33. The van der Waals surface area contributed by atoms with Gasteiger partial charge in [-0.25, -0.2) is 0 Å². The van der Waals surface area contributed by atoms with Crippen molar-refractivity contribution in [1.82, 2.24) is 0 Å². The van der Waals surface area contributed by atoms with Gasteiger partial charge in [0.05, 0.1) is 12.0 Å². The molecule has 0 aliphatic heterocycles. The molecular weight excluding hydrogens is 214 g/mol. The zero-order valence-electron chi connectivity index (χ0n) is 7.62. The van der Waals surface area contributed by atoms with Crippen LogP contribution in [0.15, 0.2) is 18.2 Å². The first kappa shape index (κ1) is 11.4. The molecule has 0 aliphatic rings. The van der Waals surface area contributed by atoms with Gasteiger partial charge in [0.1, 0.15) is 0 Å². The predicted molar refractivity (Wildman–Crippen MR) is 48.4 cm³/mol. The summed E-state index contributed by atoms with van der Waals surface area (Å²) in [5.74, 6) is -0.191. The third kappa shape index (κ3) is 2.39. The molecule has 1 aromatic carbocycles. The number of halogens is 3. The molecule has 82 valence electrons. The van der Waals surface area contributed by atoms with E-state index in [9.17, 15) is 23.1 Å². The Bertz CT molecular complexity index is 394. The summed E-state index contributed by atoms with van der Waals surface area (Å²) in [5, 5.41) is 10.4. The minimum Gasteiger partial charge on any atom is -0.490 e. The van der Waals surface area contributed by atoms with Crippen LogP contribution in [0.3, 0.4) is 0 Å². The molecule has 0 saturated heterocycles. The second kappa shape index (κ2) is 3.80. The zero-order chi connectivity index (χ0) is 11.6. The number of benzene rings is 1. The first-order valence-electron chi connectivity index (χ1n) is 3.88. The van der Waals surface area contributed by atoms with Crippen molar-refractivity contribution >= 4 is 18.1 Å². The highest BCUT2D eigenvalue weighted by molar-refractivity contribution is 6.73. The van der Waals surface area contributed by atoms with Crippen LogP contribution in [-0.2, 0) is 0 Å². The summed E-state index contributed by atoms with van der Waals surface area (Å²) >= 11 is 0. The van der Waals surface area contributed by atoms with E-state index in [0.717, 1.165) is 19.2 Å². The van der Waals surface area contributed by atoms with E-state index in [1.807, 2.05) is 0 Å². The van der Waals surface area contributed by atoms with Crippen molar-refractivity contribution < 1.29 is 22.6 Å². The van der Waals surface area contributed by atoms with E-state index in [0.29, 0.717) is 6.07 Å². The number of nitro benzene ring substituents is 1. The summed E-state index contributed by atoms with van der Waals surface area (Å²) in [6, 6.07) is 2.16. The quantitative estimate of drug-likeness (QED) is 0.442. The summed E-state index contributed by atoms with van der Waals surface area (Å²) in [6.45, 7) is -5.23. The number of hydrogen-bond acceptors (Lipinski definition) is 3. The lowest BCUT2D eigenvalue weighted by Gasteiger charge is -2.14. The third-order valence-electron chi connectivity index (χ3n) is 1.78. The minimum absolute atomic E-state index is 0.191. The van der Waals surface area contributed by atoms with Crippen LogP contribution >= 0.6 is 0 Å². The van der Waals surface area contributed by atoms with E-state index in [1.165, 1.54) is 0 Å². The predicted octanol–water partition coefficient (Wildman–Crippen LogP) is 1.66. The van der Waals surface area contributed by atoms with Gasteiger partial charge < -0.3 is 17.7 Å². The molecular formula is C7H6BF3NO3-. The van der Waals surface area contributed by atoms with Gasteiger partial charge in [0.25, 0.3) is 0 Å². The van der Waals surface area contributed by atoms with Crippen molar-refractivity contribution in [2.24, 2.45) is 0 Å². The van der Waals surface area contributed by atoms with Crippen LogP contribution in [-0.4, -0.2) is 19.0 Å². The van der Waals surface area contributed by atoms with Crippen LogP contribution in [0.5, 0.6) is 5.75 Å². The van der Waals surface area contributed by atoms with Crippen LogP contribution in [0.25, 0.3) is 0 Å². The second-order valence-corrected chi connectivity index (χ2v) is 2.76. The van der Waals surface area contributed by atoms with Gasteiger partial charge in [-0.1, -0.05) is 6.07 Å². The monoisotopic (exact) mass is 220 g/mol. The highest BCUT2D eigenvalue weighted by atomic mass is 19.4. The van der Waals surface area contributed by atoms with Crippen molar-refractivity contribution in [2.45, 2.75) is 0 Å². The Morgan fingerprint density at radius 2 is 2.00 bits per heavy atom. The van der Waals surface area contributed by atoms with Gasteiger partial charge in [-0.15, -0.1) is 5.46 Å². The molecule has 0 amide bonds. The topological polar surface area (TPSA) is 52.4 Å². The fourth-order valence-electron chi connectivity index (χ4n) is 1.05. The number of ether oxygens (including phenoxy) is 1. The number of nitrogens with zero attached hydrogens (tertiary/aromatic N) is 1. The fraction of sp³-hybridized carbons (Fsp3) is 0.143. The maximum Gasteiger partial charge on any atom is 0.509 e. The normalized spacial score (nSPS) is 11.2. The number of methoxy groups -OCH3 is 1. The molecule has 0 spiro atoms. The Kier molecular flexibility index (Phi) is 2.87. The maximum absolute atomic E-state index is 12.3. The lowest BCUT2D eigenvalue weighted by atomic mass is 9.80. The second-order valence-electron chi connectivity index (χ2n) is 2.76. The van der Waals surface area contributed by atoms with Gasteiger partial charge in [0.15, 0.2) is 5.75 Å². The maximum atomic E-state index is 12.3. The molecule has 0 fully saturated rings. The van der Waals surface area contributed by atoms with Gasteiger partial charge >= 0.3 is 12.7 Å². The Hall–Kier alpha value is -1.73. The first-order chi connectivity index (χ1) is 6.86. The van der Waals surface area contributed by atoms with Crippen molar-refractivity contribution in [2.75, 3.05) is 7.11 Å². The molecule has 8 heteroatoms. The SMILES string of the molecule is COc1ccc([B-](F)(F)F)cc1[N+](=O)[O-]. The van der Waals surface area contributed by atoms with Gasteiger partial charge in [0.2, 0.25) is 0 Å². The Balaban J connectivity index is 3.28. The van der Waals surface area contributed by atoms with Gasteiger partial charge in [-0.2, -0.15) is 0 Å². The summed E-state index contributed by atoms with van der Waals surface area (Å²) in [4.78, 5) is 9.51. The van der Waals surface area contributed by atoms with E-state index in [4.69, 9.17) is 0 Å². The molecule has 15 heavy (non-hydrogen) atoms. The molecule has 0 bridgehead atoms. The van der Waals surface area contributed by atoms with Crippen molar-refractivity contribution in [1.29, 1.82) is 0 Å². The van der Waals surface area contributed by atoms with Crippen LogP contribution in [0.1, 0.15) is 0 Å². The van der Waals surface area contributed by atoms with E-state index < -0.39 is 23.1 Å². The summed E-state index contributed by atoms with van der Waals surface area (Å²) in [6.07, 6.45) is 0. The average Bonchev–Trinajstić information content (AvgIpc) is 2.15. The highest BCUT2D eigenvalue weighted by Crippen LogP contribution is 2.26. The summed E-state index contributed by atoms with van der Waals surface area (Å²) in [5.41, 5.74) is -1.70. The lowest BCUT2D eigenvalue weighted by molar-refractivity contribution is -0.385. The molecule has 4 nitrogen and oxygen atoms in total. The standard InChI is InChI=1S/C7H6BF3NO3/c1-15-7-3-2-5(8(9,10)11)4-6(7)12(13)14/h2-4H,1H3/q-1. The minimum atomic E-state index is -5.23. The van der Waals surface area contributed by atoms with Crippen LogP contribution in [0.2, 0.25) is 0 Å². The molecule has 1 aromatic rings. The van der Waals surface area contributed by atoms with E-state index in [2.05, 4.69) is 4.74 Å². The average molecular weight is 220 g/mol. The molecule has 1 rings (SSSR count). The Morgan fingerprint density at radius 3 is 2.40 bits per heavy atom. The highest BCUT2D eigenvalue weighted by Gasteiger charge is 2.28. The van der Waals surface area contributed by atoms with Crippen LogP contribution in [0.4, 0.5) is 18.6 Å². The molecule has 0 aliphatic carbocycles. The van der Waals surface area contributed by atoms with Crippen molar-refractivity contribution in [3.63, 3.8) is 0 Å². The Labute approximate surface area is 82.9 Å². The van der Waals surface area contributed by atoms with Gasteiger partial charge in [-0.3, -0.25) is 10.1 Å². The number of nitro groups is 1. The summed E-state index contributed by atoms with van der Waals surface area (Å²) < 4.78 is 41.4. The van der Waals surface area contributed by atoms with E-state index in [1.54, 1.807) is 0 Å². The van der Waals surface area contributed by atoms with Crippen molar-refractivity contribution in [3.05, 3.63) is 28.3 Å². The van der Waals surface area contributed by atoms with E-state index in [-0.39, 0.29) is 5.75 Å². The molecule has 0 aromatic heterocycles. The van der Waals surface area contributed by atoms with Gasteiger partial charge in [0, 0.05) is 0 Å². The number of hydrogen-bond donors (Lipinski definition) is 0.